The van der Waals surface area contributed by atoms with Crippen LogP contribution in [0.5, 0.6) is 6.01 Å². The molecule has 256 valence electrons. The van der Waals surface area contributed by atoms with E-state index in [-0.39, 0.29) is 29.2 Å². The minimum atomic E-state index is -0.655. The van der Waals surface area contributed by atoms with E-state index in [1.54, 1.807) is 0 Å². The lowest BCUT2D eigenvalue weighted by Crippen LogP contribution is -2.41. The van der Waals surface area contributed by atoms with Crippen LogP contribution < -0.4 is 21.1 Å². The second kappa shape index (κ2) is 12.6. The molecule has 4 atom stereocenters. The van der Waals surface area contributed by atoms with Crippen molar-refractivity contribution >= 4 is 22.3 Å². The summed E-state index contributed by atoms with van der Waals surface area (Å²) in [6.45, 7) is 8.12. The molecule has 4 aliphatic rings. The molecule has 12 nitrogen and oxygen atoms in total. The Bertz CT molecular complexity index is 1890. The number of rotatable bonds is 6. The van der Waals surface area contributed by atoms with Gasteiger partial charge in [0.05, 0.1) is 16.5 Å². The van der Waals surface area contributed by atoms with Gasteiger partial charge in [0.25, 0.3) is 0 Å². The van der Waals surface area contributed by atoms with Crippen molar-refractivity contribution in [2.75, 3.05) is 36.9 Å². The van der Waals surface area contributed by atoms with Crippen LogP contribution in [0.4, 0.5) is 10.9 Å². The van der Waals surface area contributed by atoms with Gasteiger partial charge in [0.15, 0.2) is 0 Å². The van der Waals surface area contributed by atoms with Gasteiger partial charge in [0, 0.05) is 36.1 Å². The summed E-state index contributed by atoms with van der Waals surface area (Å²) < 4.78 is 12.6. The Balaban J connectivity index is 1.17. The van der Waals surface area contributed by atoms with Gasteiger partial charge in [0.1, 0.15) is 17.7 Å². The second-order valence-electron chi connectivity index (χ2n) is 14.7. The Labute approximate surface area is 290 Å². The van der Waals surface area contributed by atoms with Crippen molar-refractivity contribution in [3.05, 3.63) is 57.3 Å². The van der Waals surface area contributed by atoms with E-state index in [1.165, 1.54) is 22.5 Å². The molecule has 0 radical (unpaired) electrons. The van der Waals surface area contributed by atoms with Crippen LogP contribution in [0.2, 0.25) is 0 Å². The molecule has 49 heavy (non-hydrogen) atoms. The number of nitrogens with zero attached hydrogens (tertiary/aromatic N) is 8. The molecule has 0 unspecified atom stereocenters. The van der Waals surface area contributed by atoms with Crippen LogP contribution in [0.15, 0.2) is 28.8 Å². The minimum Gasteiger partial charge on any atom is -0.461 e. The monoisotopic (exact) mass is 680 g/mol. The number of thiophene rings is 1. The van der Waals surface area contributed by atoms with Crippen LogP contribution in [0.25, 0.3) is 11.6 Å². The van der Waals surface area contributed by atoms with Crippen molar-refractivity contribution in [3.8, 4) is 23.7 Å². The highest BCUT2D eigenvalue weighted by Gasteiger charge is 2.49. The predicted molar refractivity (Wildman–Crippen MR) is 187 cm³/mol. The second-order valence-corrected chi connectivity index (χ2v) is 15.8. The Morgan fingerprint density at radius 3 is 2.80 bits per heavy atom. The van der Waals surface area contributed by atoms with Crippen molar-refractivity contribution in [2.45, 2.75) is 95.2 Å². The van der Waals surface area contributed by atoms with E-state index in [0.717, 1.165) is 87.9 Å². The van der Waals surface area contributed by atoms with Gasteiger partial charge in [-0.3, -0.25) is 4.90 Å². The first-order chi connectivity index (χ1) is 23.8. The minimum absolute atomic E-state index is 0.000382. The number of fused-ring (bicyclic) bond motifs is 4. The predicted octanol–water partition coefficient (Wildman–Crippen LogP) is 5.31. The van der Waals surface area contributed by atoms with E-state index in [2.05, 4.69) is 59.1 Å². The van der Waals surface area contributed by atoms with E-state index in [0.29, 0.717) is 41.5 Å². The number of aromatic nitrogens is 5. The van der Waals surface area contributed by atoms with E-state index in [9.17, 15) is 5.26 Å². The van der Waals surface area contributed by atoms with E-state index < -0.39 is 5.41 Å². The maximum absolute atomic E-state index is 10.00. The standard InChI is InChI=1S/C36H44N10O2S/c1-22-9-3-5-11-24(38)20-45(18-22)33-41-30(31-40-32(48-44-31)35(2)14-7-13-27-28(35)25(17-37)29(39)49-27)42-34(43-33)47-21-36-15-8-16-46(36)19-23-10-4-6-12-26(23)36/h4,6,10,12,22,24H,3,5,7-9,11,13-16,18-21,38-39H2,1-2H3/t22-,24+,35+,36+/m1/s1. The summed E-state index contributed by atoms with van der Waals surface area (Å²) in [5.74, 6) is 1.91. The summed E-state index contributed by atoms with van der Waals surface area (Å²) in [5, 5.41) is 14.9. The molecule has 1 aromatic carbocycles. The number of nitrogens with two attached hydrogens (primary N) is 2. The summed E-state index contributed by atoms with van der Waals surface area (Å²) in [4.78, 5) is 25.4. The average Bonchev–Trinajstić information content (AvgIpc) is 3.88. The summed E-state index contributed by atoms with van der Waals surface area (Å²) >= 11 is 1.48. The number of hydrogen-bond acceptors (Lipinski definition) is 13. The molecule has 13 heteroatoms. The quantitative estimate of drug-likeness (QED) is 0.270. The molecule has 3 aliphatic heterocycles. The van der Waals surface area contributed by atoms with Crippen LogP contribution in [0.3, 0.4) is 0 Å². The third kappa shape index (κ3) is 5.63. The van der Waals surface area contributed by atoms with Crippen LogP contribution in [-0.4, -0.2) is 62.3 Å². The Morgan fingerprint density at radius 1 is 1.06 bits per heavy atom. The molecule has 0 amide bonds. The molecule has 4 aromatic rings. The number of benzene rings is 1. The summed E-state index contributed by atoms with van der Waals surface area (Å²) in [6.07, 6.45) is 9.04. The van der Waals surface area contributed by atoms with E-state index in [1.807, 2.05) is 0 Å². The maximum Gasteiger partial charge on any atom is 0.321 e. The molecule has 6 heterocycles. The zero-order valence-electron chi connectivity index (χ0n) is 28.3. The highest BCUT2D eigenvalue weighted by Crippen LogP contribution is 2.49. The highest BCUT2D eigenvalue weighted by molar-refractivity contribution is 7.16. The maximum atomic E-state index is 10.00. The van der Waals surface area contributed by atoms with Gasteiger partial charge in [0.2, 0.25) is 23.5 Å². The molecular formula is C36H44N10O2S. The molecule has 0 saturated carbocycles. The Kier molecular flexibility index (Phi) is 8.28. The third-order valence-corrected chi connectivity index (χ3v) is 12.3. The fourth-order valence-electron chi connectivity index (χ4n) is 8.69. The SMILES string of the molecule is C[C@@H]1CCCC[C@H](N)CN(c2nc(OC[C@]34CCCN3Cc3ccccc34)nc(-c3noc([C@@]4(C)CCCc5sc(N)c(C#N)c54)n3)n2)C1. The van der Waals surface area contributed by atoms with Crippen molar-refractivity contribution < 1.29 is 9.26 Å². The zero-order valence-corrected chi connectivity index (χ0v) is 29.1. The topological polar surface area (TPSA) is 169 Å². The summed E-state index contributed by atoms with van der Waals surface area (Å²) in [6, 6.07) is 11.2. The molecule has 4 N–H and O–H groups in total. The molecule has 8 rings (SSSR count). The summed E-state index contributed by atoms with van der Waals surface area (Å²) in [5.41, 5.74) is 16.1. The first-order valence-electron chi connectivity index (χ1n) is 17.7. The largest absolute Gasteiger partial charge is 0.461 e. The first kappa shape index (κ1) is 32.1. The fraction of sp³-hybridized carbons (Fsp3) is 0.556. The van der Waals surface area contributed by atoms with Crippen LogP contribution in [0.1, 0.15) is 98.2 Å². The molecule has 2 fully saturated rings. The van der Waals surface area contributed by atoms with Crippen molar-refractivity contribution in [1.82, 2.24) is 30.0 Å². The van der Waals surface area contributed by atoms with Gasteiger partial charge < -0.3 is 25.6 Å². The number of aryl methyl sites for hydroxylation is 1. The first-order valence-corrected chi connectivity index (χ1v) is 18.5. The fourth-order valence-corrected chi connectivity index (χ4v) is 9.88. The van der Waals surface area contributed by atoms with Gasteiger partial charge in [-0.25, -0.2) is 0 Å². The van der Waals surface area contributed by atoms with Gasteiger partial charge in [-0.1, -0.05) is 49.2 Å². The van der Waals surface area contributed by atoms with Crippen molar-refractivity contribution in [3.63, 3.8) is 0 Å². The van der Waals surface area contributed by atoms with Crippen molar-refractivity contribution in [1.29, 1.82) is 5.26 Å². The molecule has 1 aliphatic carbocycles. The van der Waals surface area contributed by atoms with Crippen LogP contribution >= 0.6 is 11.3 Å². The molecule has 3 aromatic heterocycles. The van der Waals surface area contributed by atoms with Crippen molar-refractivity contribution in [2.24, 2.45) is 11.7 Å². The lowest BCUT2D eigenvalue weighted by molar-refractivity contribution is 0.0824. The molecule has 0 spiro atoms. The highest BCUT2D eigenvalue weighted by atomic mass is 32.1. The summed E-state index contributed by atoms with van der Waals surface area (Å²) in [7, 11) is 0. The zero-order chi connectivity index (χ0) is 33.8. The van der Waals surface area contributed by atoms with E-state index in [4.69, 9.17) is 40.7 Å². The van der Waals surface area contributed by atoms with Gasteiger partial charge in [-0.15, -0.1) is 11.3 Å². The lowest BCUT2D eigenvalue weighted by atomic mass is 9.72. The Hall–Kier alpha value is -4.12. The van der Waals surface area contributed by atoms with E-state index >= 15 is 0 Å². The number of ether oxygens (including phenoxy) is 1. The number of nitriles is 1. The molecular weight excluding hydrogens is 637 g/mol. The van der Waals surface area contributed by atoms with Gasteiger partial charge in [-0.05, 0) is 75.5 Å². The number of nitrogen functional groups attached to an aromatic ring is 1. The average molecular weight is 681 g/mol. The van der Waals surface area contributed by atoms with Gasteiger partial charge in [-0.2, -0.15) is 25.2 Å². The smallest absolute Gasteiger partial charge is 0.321 e. The van der Waals surface area contributed by atoms with Gasteiger partial charge >= 0.3 is 6.01 Å². The number of anilines is 2. The number of hydrogen-bond donors (Lipinski definition) is 2. The molecule has 0 bridgehead atoms. The van der Waals surface area contributed by atoms with Crippen LogP contribution in [0, 0.1) is 17.2 Å². The molecule has 2 saturated heterocycles. The third-order valence-electron chi connectivity index (χ3n) is 11.2. The normalized spacial score (nSPS) is 27.0. The Morgan fingerprint density at radius 2 is 1.92 bits per heavy atom. The lowest BCUT2D eigenvalue weighted by Gasteiger charge is -2.32. The van der Waals surface area contributed by atoms with Crippen LogP contribution in [-0.2, 0) is 23.9 Å².